The van der Waals surface area contributed by atoms with E-state index in [-0.39, 0.29) is 30.2 Å². The molecule has 1 heterocycles. The lowest BCUT2D eigenvalue weighted by Crippen LogP contribution is -2.21. The molecular formula is C25H24O6. The third-order valence-electron chi connectivity index (χ3n) is 4.86. The van der Waals surface area contributed by atoms with Crippen LogP contribution in [0, 0.1) is 0 Å². The number of hydrogen-bond acceptors (Lipinski definition) is 6. The van der Waals surface area contributed by atoms with Gasteiger partial charge in [0.05, 0.1) is 11.1 Å². The van der Waals surface area contributed by atoms with Crippen molar-refractivity contribution in [2.45, 2.75) is 39.9 Å². The van der Waals surface area contributed by atoms with Gasteiger partial charge in [-0.1, -0.05) is 50.2 Å². The summed E-state index contributed by atoms with van der Waals surface area (Å²) in [7, 11) is 0. The number of hydrogen-bond donors (Lipinski definition) is 0. The van der Waals surface area contributed by atoms with Crippen LogP contribution in [0.2, 0.25) is 0 Å². The minimum Gasteiger partial charge on any atom is -0.458 e. The number of carbonyl (C=O) groups excluding carboxylic acids is 2. The lowest BCUT2D eigenvalue weighted by Gasteiger charge is -2.14. The smallest absolute Gasteiger partial charge is 0.338 e. The maximum absolute atomic E-state index is 13.0. The van der Waals surface area contributed by atoms with Crippen LogP contribution in [-0.4, -0.2) is 11.9 Å². The Bertz CT molecular complexity index is 1020. The molecule has 0 bridgehead atoms. The van der Waals surface area contributed by atoms with E-state index in [0.717, 1.165) is 0 Å². The first kappa shape index (κ1) is 22.0. The van der Waals surface area contributed by atoms with E-state index in [1.165, 1.54) is 0 Å². The van der Waals surface area contributed by atoms with Crippen molar-refractivity contribution in [1.29, 1.82) is 0 Å². The summed E-state index contributed by atoms with van der Waals surface area (Å²) in [5.41, 5.74) is 1.55. The quantitative estimate of drug-likeness (QED) is 0.500. The van der Waals surface area contributed by atoms with Crippen LogP contribution in [0.25, 0.3) is 0 Å². The summed E-state index contributed by atoms with van der Waals surface area (Å²) in [6.07, 6.45) is 0.856. The van der Waals surface area contributed by atoms with Crippen molar-refractivity contribution < 1.29 is 23.5 Å². The molecule has 0 radical (unpaired) electrons. The maximum Gasteiger partial charge on any atom is 0.338 e. The standard InChI is InChI=1S/C25H24O6/c1-3-19-21(15-29-24(27)17-11-7-5-8-12-17)31-22(20(4-2)23(19)26)16-30-25(28)18-13-9-6-10-14-18/h5-14H,3-4,15-16H2,1-2H3. The van der Waals surface area contributed by atoms with Crippen molar-refractivity contribution in [3.05, 3.63) is 105 Å². The van der Waals surface area contributed by atoms with Gasteiger partial charge in [-0.15, -0.1) is 0 Å². The summed E-state index contributed by atoms with van der Waals surface area (Å²) in [6, 6.07) is 17.2. The molecule has 3 aromatic rings. The van der Waals surface area contributed by atoms with Gasteiger partial charge in [-0.25, -0.2) is 9.59 Å². The number of carbonyl (C=O) groups is 2. The fourth-order valence-electron chi connectivity index (χ4n) is 3.23. The molecular weight excluding hydrogens is 396 g/mol. The third-order valence-corrected chi connectivity index (χ3v) is 4.86. The lowest BCUT2D eigenvalue weighted by atomic mass is 10.0. The van der Waals surface area contributed by atoms with Crippen LogP contribution >= 0.6 is 0 Å². The minimum absolute atomic E-state index is 0.173. The molecule has 6 nitrogen and oxygen atoms in total. The second-order valence-electron chi connectivity index (χ2n) is 6.83. The molecule has 0 spiro atoms. The van der Waals surface area contributed by atoms with Crippen LogP contribution in [-0.2, 0) is 35.5 Å². The molecule has 0 unspecified atom stereocenters. The number of esters is 2. The van der Waals surface area contributed by atoms with Gasteiger partial charge >= 0.3 is 11.9 Å². The third kappa shape index (κ3) is 5.28. The van der Waals surface area contributed by atoms with E-state index in [0.29, 0.717) is 35.1 Å². The summed E-state index contributed by atoms with van der Waals surface area (Å²) in [6.45, 7) is 3.30. The Balaban J connectivity index is 1.82. The summed E-state index contributed by atoms with van der Waals surface area (Å²) in [5, 5.41) is 0. The monoisotopic (exact) mass is 420 g/mol. The Morgan fingerprint density at radius 2 is 1.10 bits per heavy atom. The van der Waals surface area contributed by atoms with E-state index in [2.05, 4.69) is 0 Å². The van der Waals surface area contributed by atoms with E-state index < -0.39 is 11.9 Å². The Labute approximate surface area is 180 Å². The zero-order valence-corrected chi connectivity index (χ0v) is 17.6. The van der Waals surface area contributed by atoms with Gasteiger partial charge in [-0.2, -0.15) is 0 Å². The molecule has 160 valence electrons. The highest BCUT2D eigenvalue weighted by atomic mass is 16.6. The number of benzene rings is 2. The van der Waals surface area contributed by atoms with Crippen molar-refractivity contribution >= 4 is 11.9 Å². The van der Waals surface area contributed by atoms with E-state index in [1.54, 1.807) is 60.7 Å². The van der Waals surface area contributed by atoms with Crippen LogP contribution in [0.3, 0.4) is 0 Å². The van der Waals surface area contributed by atoms with Crippen molar-refractivity contribution in [1.82, 2.24) is 0 Å². The van der Waals surface area contributed by atoms with E-state index in [4.69, 9.17) is 13.9 Å². The van der Waals surface area contributed by atoms with Gasteiger partial charge in [0, 0.05) is 11.1 Å². The maximum atomic E-state index is 13.0. The Hall–Kier alpha value is -3.67. The van der Waals surface area contributed by atoms with Gasteiger partial charge < -0.3 is 13.9 Å². The van der Waals surface area contributed by atoms with Crippen molar-refractivity contribution in [2.24, 2.45) is 0 Å². The molecule has 6 heteroatoms. The Kier molecular flexibility index (Phi) is 7.38. The highest BCUT2D eigenvalue weighted by molar-refractivity contribution is 5.89. The SMILES string of the molecule is CCc1c(COC(=O)c2ccccc2)oc(COC(=O)c2ccccc2)c(CC)c1=O. The predicted octanol–water partition coefficient (Wildman–Crippen LogP) is 4.48. The molecule has 31 heavy (non-hydrogen) atoms. The number of rotatable bonds is 8. The van der Waals surface area contributed by atoms with Gasteiger partial charge in [0.25, 0.3) is 0 Å². The van der Waals surface area contributed by atoms with E-state index in [1.807, 2.05) is 13.8 Å². The van der Waals surface area contributed by atoms with Crippen molar-refractivity contribution in [3.8, 4) is 0 Å². The normalized spacial score (nSPS) is 10.5. The van der Waals surface area contributed by atoms with Crippen LogP contribution in [0.1, 0.15) is 57.2 Å². The first-order valence-electron chi connectivity index (χ1n) is 10.2. The van der Waals surface area contributed by atoms with Gasteiger partial charge in [0.1, 0.15) is 24.7 Å². The lowest BCUT2D eigenvalue weighted by molar-refractivity contribution is 0.0405. The number of ether oxygens (including phenoxy) is 2. The first-order valence-corrected chi connectivity index (χ1v) is 10.2. The molecule has 0 saturated carbocycles. The van der Waals surface area contributed by atoms with Crippen molar-refractivity contribution in [2.75, 3.05) is 0 Å². The van der Waals surface area contributed by atoms with Gasteiger partial charge in [-0.05, 0) is 37.1 Å². The van der Waals surface area contributed by atoms with E-state index in [9.17, 15) is 14.4 Å². The first-order chi connectivity index (χ1) is 15.0. The van der Waals surface area contributed by atoms with Gasteiger partial charge in [0.15, 0.2) is 5.43 Å². The van der Waals surface area contributed by atoms with Crippen LogP contribution in [0.15, 0.2) is 69.9 Å². The average Bonchev–Trinajstić information content (AvgIpc) is 2.82. The average molecular weight is 420 g/mol. The zero-order chi connectivity index (χ0) is 22.2. The molecule has 2 aromatic carbocycles. The van der Waals surface area contributed by atoms with Gasteiger partial charge in [-0.3, -0.25) is 4.79 Å². The molecule has 0 N–H and O–H groups in total. The summed E-state index contributed by atoms with van der Waals surface area (Å²) >= 11 is 0. The molecule has 0 aliphatic rings. The second kappa shape index (κ2) is 10.4. The zero-order valence-electron chi connectivity index (χ0n) is 17.6. The molecule has 0 saturated heterocycles. The van der Waals surface area contributed by atoms with Crippen LogP contribution in [0.4, 0.5) is 0 Å². The van der Waals surface area contributed by atoms with Crippen LogP contribution < -0.4 is 5.43 Å². The Morgan fingerprint density at radius 3 is 1.45 bits per heavy atom. The summed E-state index contributed by atoms with van der Waals surface area (Å²) < 4.78 is 16.6. The fourth-order valence-corrected chi connectivity index (χ4v) is 3.23. The van der Waals surface area contributed by atoms with Crippen molar-refractivity contribution in [3.63, 3.8) is 0 Å². The van der Waals surface area contributed by atoms with Crippen LogP contribution in [0.5, 0.6) is 0 Å². The molecule has 0 atom stereocenters. The molecule has 3 rings (SSSR count). The molecule has 0 aliphatic heterocycles. The summed E-state index contributed by atoms with van der Waals surface area (Å²) in [4.78, 5) is 37.5. The summed E-state index contributed by atoms with van der Waals surface area (Å²) in [5.74, 6) is -0.497. The molecule has 1 aromatic heterocycles. The highest BCUT2D eigenvalue weighted by Crippen LogP contribution is 2.18. The second-order valence-corrected chi connectivity index (χ2v) is 6.83. The van der Waals surface area contributed by atoms with E-state index >= 15 is 0 Å². The predicted molar refractivity (Wildman–Crippen MR) is 115 cm³/mol. The molecule has 0 aliphatic carbocycles. The largest absolute Gasteiger partial charge is 0.458 e. The fraction of sp³-hybridized carbons (Fsp3) is 0.240. The highest BCUT2D eigenvalue weighted by Gasteiger charge is 2.20. The Morgan fingerprint density at radius 1 is 0.710 bits per heavy atom. The molecule has 0 fully saturated rings. The molecule has 0 amide bonds. The topological polar surface area (TPSA) is 82.8 Å². The minimum atomic E-state index is -0.512. The van der Waals surface area contributed by atoms with Gasteiger partial charge in [0.2, 0.25) is 0 Å².